The van der Waals surface area contributed by atoms with E-state index in [1.165, 1.54) is 21.9 Å². The average Bonchev–Trinajstić information content (AvgIpc) is 3.29. The Morgan fingerprint density at radius 1 is 1.03 bits per heavy atom. The van der Waals surface area contributed by atoms with Crippen LogP contribution in [0.15, 0.2) is 71.1 Å². The first-order chi connectivity index (χ1) is 15.6. The molecule has 0 spiro atoms. The van der Waals surface area contributed by atoms with Crippen molar-refractivity contribution in [3.63, 3.8) is 0 Å². The summed E-state index contributed by atoms with van der Waals surface area (Å²) in [4.78, 5) is 44.6. The number of thiazole rings is 1. The molecule has 2 aromatic heterocycles. The van der Waals surface area contributed by atoms with Gasteiger partial charge in [-0.3, -0.25) is 14.0 Å². The number of aromatic nitrogens is 2. The highest BCUT2D eigenvalue weighted by atomic mass is 32.1. The highest BCUT2D eigenvalue weighted by Crippen LogP contribution is 2.27. The average molecular weight is 446 g/mol. The van der Waals surface area contributed by atoms with Crippen LogP contribution in [0.3, 0.4) is 0 Å². The maximum absolute atomic E-state index is 13.1. The quantitative estimate of drug-likeness (QED) is 0.504. The standard InChI is InChI=1S/C23H19N5O3S/c29-20(18-13-24-23-28(21(18)30)11-12-32-23)27-10-9-17-15(14-27)5-4-8-19(17)26-22(31)25-16-6-2-1-3-7-16/h1-8,11-13H,9-10,14H2,(H2,25,26,31). The van der Waals surface area contributed by atoms with Gasteiger partial charge in [-0.05, 0) is 35.7 Å². The van der Waals surface area contributed by atoms with Gasteiger partial charge in [0.1, 0.15) is 5.56 Å². The van der Waals surface area contributed by atoms with Gasteiger partial charge < -0.3 is 15.5 Å². The maximum atomic E-state index is 13.1. The zero-order valence-corrected chi connectivity index (χ0v) is 17.8. The number of carbonyl (C=O) groups excluding carboxylic acids is 2. The van der Waals surface area contributed by atoms with Crippen molar-refractivity contribution in [2.24, 2.45) is 0 Å². The summed E-state index contributed by atoms with van der Waals surface area (Å²) >= 11 is 1.34. The Kier molecular flexibility index (Phi) is 5.16. The lowest BCUT2D eigenvalue weighted by atomic mass is 9.97. The van der Waals surface area contributed by atoms with Crippen molar-refractivity contribution >= 4 is 39.6 Å². The molecule has 1 aliphatic rings. The summed E-state index contributed by atoms with van der Waals surface area (Å²) in [5, 5.41) is 7.47. The third kappa shape index (κ3) is 3.74. The van der Waals surface area contributed by atoms with Crippen LogP contribution in [-0.4, -0.2) is 32.8 Å². The fourth-order valence-corrected chi connectivity index (χ4v) is 4.52. The van der Waals surface area contributed by atoms with E-state index in [9.17, 15) is 14.4 Å². The van der Waals surface area contributed by atoms with Gasteiger partial charge in [0.05, 0.1) is 0 Å². The van der Waals surface area contributed by atoms with Crippen molar-refractivity contribution < 1.29 is 9.59 Å². The largest absolute Gasteiger partial charge is 0.334 e. The normalized spacial score (nSPS) is 12.9. The summed E-state index contributed by atoms with van der Waals surface area (Å²) in [6.07, 6.45) is 3.55. The number of anilines is 2. The Morgan fingerprint density at radius 3 is 2.72 bits per heavy atom. The minimum absolute atomic E-state index is 0.0564. The van der Waals surface area contributed by atoms with E-state index < -0.39 is 0 Å². The van der Waals surface area contributed by atoms with Crippen molar-refractivity contribution in [1.29, 1.82) is 0 Å². The summed E-state index contributed by atoms with van der Waals surface area (Å²) in [5.41, 5.74) is 3.04. The highest BCUT2D eigenvalue weighted by molar-refractivity contribution is 7.15. The number of benzene rings is 2. The number of nitrogens with zero attached hydrogens (tertiary/aromatic N) is 3. The van der Waals surface area contributed by atoms with Crippen LogP contribution >= 0.6 is 11.3 Å². The van der Waals surface area contributed by atoms with E-state index >= 15 is 0 Å². The molecule has 0 saturated carbocycles. The molecular weight excluding hydrogens is 426 g/mol. The minimum atomic E-state index is -0.361. The molecule has 8 nitrogen and oxygen atoms in total. The van der Waals surface area contributed by atoms with Crippen molar-refractivity contribution in [3.8, 4) is 0 Å². The molecule has 0 aliphatic carbocycles. The van der Waals surface area contributed by atoms with Crippen molar-refractivity contribution in [2.45, 2.75) is 13.0 Å². The molecule has 0 fully saturated rings. The van der Waals surface area contributed by atoms with Crippen LogP contribution in [0.25, 0.3) is 4.96 Å². The number of amides is 3. The number of urea groups is 1. The van der Waals surface area contributed by atoms with Crippen LogP contribution in [0.5, 0.6) is 0 Å². The third-order valence-electron chi connectivity index (χ3n) is 5.41. The molecule has 1 aliphatic heterocycles. The van der Waals surface area contributed by atoms with E-state index in [1.54, 1.807) is 16.5 Å². The lowest BCUT2D eigenvalue weighted by Gasteiger charge is -2.30. The Balaban J connectivity index is 1.34. The van der Waals surface area contributed by atoms with Gasteiger partial charge >= 0.3 is 6.03 Å². The van der Waals surface area contributed by atoms with Crippen LogP contribution in [0.1, 0.15) is 21.5 Å². The van der Waals surface area contributed by atoms with Gasteiger partial charge in [-0.15, -0.1) is 11.3 Å². The first kappa shape index (κ1) is 20.0. The molecule has 0 atom stereocenters. The molecular formula is C23H19N5O3S. The lowest BCUT2D eigenvalue weighted by molar-refractivity contribution is 0.0732. The molecule has 2 aromatic carbocycles. The molecule has 2 N–H and O–H groups in total. The lowest BCUT2D eigenvalue weighted by Crippen LogP contribution is -2.39. The molecule has 32 heavy (non-hydrogen) atoms. The van der Waals surface area contributed by atoms with Gasteiger partial charge in [0.25, 0.3) is 11.5 Å². The van der Waals surface area contributed by atoms with Gasteiger partial charge in [-0.1, -0.05) is 30.3 Å². The molecule has 3 amide bonds. The Bertz CT molecular complexity index is 1380. The molecule has 160 valence electrons. The van der Waals surface area contributed by atoms with E-state index in [2.05, 4.69) is 15.6 Å². The van der Waals surface area contributed by atoms with Crippen molar-refractivity contribution in [3.05, 3.63) is 93.3 Å². The van der Waals surface area contributed by atoms with Gasteiger partial charge in [-0.25, -0.2) is 9.78 Å². The van der Waals surface area contributed by atoms with Crippen LogP contribution in [-0.2, 0) is 13.0 Å². The molecule has 9 heteroatoms. The summed E-state index contributed by atoms with van der Waals surface area (Å²) in [6.45, 7) is 0.798. The number of nitrogens with one attached hydrogen (secondary N) is 2. The van der Waals surface area contributed by atoms with Gasteiger partial charge in [0.2, 0.25) is 0 Å². The Morgan fingerprint density at radius 2 is 1.88 bits per heavy atom. The third-order valence-corrected chi connectivity index (χ3v) is 6.18. The summed E-state index contributed by atoms with van der Waals surface area (Å²) in [5.74, 6) is -0.339. The first-order valence-electron chi connectivity index (χ1n) is 10.1. The SMILES string of the molecule is O=C(Nc1ccccc1)Nc1cccc2c1CCN(C(=O)c1cnc3sccn3c1=O)C2. The second kappa shape index (κ2) is 8.27. The number of hydrogen-bond donors (Lipinski definition) is 2. The van der Waals surface area contributed by atoms with E-state index in [4.69, 9.17) is 0 Å². The van der Waals surface area contributed by atoms with Gasteiger partial charge in [0.15, 0.2) is 4.96 Å². The Hall–Kier alpha value is -3.98. The van der Waals surface area contributed by atoms with E-state index in [-0.39, 0.29) is 23.1 Å². The van der Waals surface area contributed by atoms with E-state index in [0.29, 0.717) is 35.8 Å². The maximum Gasteiger partial charge on any atom is 0.323 e. The molecule has 0 unspecified atom stereocenters. The van der Waals surface area contributed by atoms with E-state index in [1.807, 2.05) is 48.5 Å². The minimum Gasteiger partial charge on any atom is -0.334 e. The van der Waals surface area contributed by atoms with Crippen LogP contribution in [0, 0.1) is 0 Å². The second-order valence-electron chi connectivity index (χ2n) is 7.40. The predicted molar refractivity (Wildman–Crippen MR) is 123 cm³/mol. The zero-order valence-electron chi connectivity index (χ0n) is 16.9. The number of rotatable bonds is 3. The summed E-state index contributed by atoms with van der Waals surface area (Å²) in [7, 11) is 0. The van der Waals surface area contributed by atoms with Gasteiger partial charge in [-0.2, -0.15) is 0 Å². The first-order valence-corrected chi connectivity index (χ1v) is 11.0. The summed E-state index contributed by atoms with van der Waals surface area (Å²) in [6, 6.07) is 14.5. The molecule has 4 aromatic rings. The van der Waals surface area contributed by atoms with Crippen LogP contribution in [0.4, 0.5) is 16.2 Å². The second-order valence-corrected chi connectivity index (χ2v) is 8.27. The molecule has 0 bridgehead atoms. The zero-order chi connectivity index (χ0) is 22.1. The Labute approximate surface area is 187 Å². The van der Waals surface area contributed by atoms with Crippen molar-refractivity contribution in [2.75, 3.05) is 17.2 Å². The monoisotopic (exact) mass is 445 g/mol. The van der Waals surface area contributed by atoms with E-state index in [0.717, 1.165) is 11.1 Å². The topological polar surface area (TPSA) is 95.8 Å². The van der Waals surface area contributed by atoms with Crippen molar-refractivity contribution in [1.82, 2.24) is 14.3 Å². The fourth-order valence-electron chi connectivity index (χ4n) is 3.85. The van der Waals surface area contributed by atoms with Crippen LogP contribution < -0.4 is 16.2 Å². The molecule has 0 saturated heterocycles. The fraction of sp³-hybridized carbons (Fsp3) is 0.130. The smallest absolute Gasteiger partial charge is 0.323 e. The van der Waals surface area contributed by atoms with Crippen LogP contribution in [0.2, 0.25) is 0 Å². The molecule has 3 heterocycles. The molecule has 0 radical (unpaired) electrons. The number of hydrogen-bond acceptors (Lipinski definition) is 5. The number of carbonyl (C=O) groups is 2. The number of para-hydroxylation sites is 1. The number of fused-ring (bicyclic) bond motifs is 2. The van der Waals surface area contributed by atoms with Gasteiger partial charge in [0, 0.05) is 42.2 Å². The predicted octanol–water partition coefficient (Wildman–Crippen LogP) is 3.60. The summed E-state index contributed by atoms with van der Waals surface area (Å²) < 4.78 is 1.39. The highest BCUT2D eigenvalue weighted by Gasteiger charge is 2.26. The molecule has 5 rings (SSSR count).